The van der Waals surface area contributed by atoms with Gasteiger partial charge in [0, 0.05) is 13.7 Å². The van der Waals surface area contributed by atoms with E-state index in [-0.39, 0.29) is 11.4 Å². The fourth-order valence-corrected chi connectivity index (χ4v) is 3.39. The van der Waals surface area contributed by atoms with Gasteiger partial charge >= 0.3 is 6.36 Å². The summed E-state index contributed by atoms with van der Waals surface area (Å²) in [5.41, 5.74) is 1.79. The molecule has 2 rings (SSSR count). The molecule has 0 amide bonds. The van der Waals surface area contributed by atoms with Gasteiger partial charge in [0.05, 0.1) is 11.0 Å². The molecule has 0 saturated heterocycles. The maximum Gasteiger partial charge on any atom is 0.573 e. The number of methoxy groups -OCH3 is 1. The molecule has 0 aliphatic rings. The third-order valence-electron chi connectivity index (χ3n) is 3.65. The zero-order valence-corrected chi connectivity index (χ0v) is 14.9. The zero-order chi connectivity index (χ0) is 19.4. The molecule has 5 nitrogen and oxygen atoms in total. The van der Waals surface area contributed by atoms with E-state index in [0.29, 0.717) is 0 Å². The monoisotopic (exact) mass is 389 g/mol. The summed E-state index contributed by atoms with van der Waals surface area (Å²) in [6.07, 6.45) is -5.34. The Kier molecular flexibility index (Phi) is 6.27. The summed E-state index contributed by atoms with van der Waals surface area (Å²) in [6, 6.07) is 11.4. The summed E-state index contributed by atoms with van der Waals surface area (Å²) in [7, 11) is -2.45. The Morgan fingerprint density at radius 2 is 1.69 bits per heavy atom. The van der Waals surface area contributed by atoms with Crippen molar-refractivity contribution in [2.75, 3.05) is 13.7 Å². The van der Waals surface area contributed by atoms with Crippen molar-refractivity contribution in [1.29, 1.82) is 0 Å². The van der Waals surface area contributed by atoms with Gasteiger partial charge in [-0.1, -0.05) is 24.3 Å². The van der Waals surface area contributed by atoms with Crippen LogP contribution in [0.5, 0.6) is 5.75 Å². The molecule has 0 fully saturated rings. The molecule has 1 N–H and O–H groups in total. The lowest BCUT2D eigenvalue weighted by Gasteiger charge is -2.18. The number of hydrogen-bond donors (Lipinski definition) is 1. The Hall–Kier alpha value is -2.10. The number of nitrogens with one attached hydrogen (secondary N) is 1. The molecule has 1 unspecified atom stereocenters. The van der Waals surface area contributed by atoms with Crippen LogP contribution < -0.4 is 9.46 Å². The molecule has 2 aromatic rings. The van der Waals surface area contributed by atoms with Gasteiger partial charge in [-0.3, -0.25) is 0 Å². The minimum Gasteiger partial charge on any atom is -0.406 e. The first-order chi connectivity index (χ1) is 12.1. The van der Waals surface area contributed by atoms with E-state index < -0.39 is 28.2 Å². The van der Waals surface area contributed by atoms with E-state index in [1.807, 2.05) is 31.2 Å². The Morgan fingerprint density at radius 3 is 2.23 bits per heavy atom. The van der Waals surface area contributed by atoms with Crippen LogP contribution in [0.2, 0.25) is 0 Å². The third-order valence-corrected chi connectivity index (χ3v) is 5.09. The SMILES string of the molecule is COC(CNS(=O)(=O)c1ccc(OC(F)(F)F)cc1)c1ccccc1C. The highest BCUT2D eigenvalue weighted by molar-refractivity contribution is 7.89. The van der Waals surface area contributed by atoms with Gasteiger partial charge in [0.1, 0.15) is 5.75 Å². The lowest BCUT2D eigenvalue weighted by atomic mass is 10.0. The van der Waals surface area contributed by atoms with Gasteiger partial charge in [-0.2, -0.15) is 0 Å². The van der Waals surface area contributed by atoms with E-state index in [0.717, 1.165) is 35.4 Å². The van der Waals surface area contributed by atoms with Gasteiger partial charge in [0.25, 0.3) is 0 Å². The number of ether oxygens (including phenoxy) is 2. The Morgan fingerprint density at radius 1 is 1.08 bits per heavy atom. The quantitative estimate of drug-likeness (QED) is 0.787. The molecular weight excluding hydrogens is 371 g/mol. The van der Waals surface area contributed by atoms with Crippen LogP contribution in [0.25, 0.3) is 0 Å². The predicted octanol–water partition coefficient (Wildman–Crippen LogP) is 3.56. The summed E-state index contributed by atoms with van der Waals surface area (Å²) >= 11 is 0. The fourth-order valence-electron chi connectivity index (χ4n) is 2.36. The zero-order valence-electron chi connectivity index (χ0n) is 14.1. The molecule has 9 heteroatoms. The minimum atomic E-state index is -4.84. The van der Waals surface area contributed by atoms with E-state index in [1.165, 1.54) is 7.11 Å². The molecule has 142 valence electrons. The van der Waals surface area contributed by atoms with Crippen LogP contribution in [0.3, 0.4) is 0 Å². The molecule has 2 aromatic carbocycles. The number of benzene rings is 2. The van der Waals surface area contributed by atoms with Crippen LogP contribution in [-0.2, 0) is 14.8 Å². The van der Waals surface area contributed by atoms with Crippen molar-refractivity contribution >= 4 is 10.0 Å². The summed E-state index contributed by atoms with van der Waals surface area (Å²) in [6.45, 7) is 1.86. The average Bonchev–Trinajstić information content (AvgIpc) is 2.56. The first-order valence-electron chi connectivity index (χ1n) is 7.56. The van der Waals surface area contributed by atoms with Crippen molar-refractivity contribution in [3.63, 3.8) is 0 Å². The Labute approximate surface area is 149 Å². The fraction of sp³-hybridized carbons (Fsp3) is 0.294. The predicted molar refractivity (Wildman–Crippen MR) is 89.2 cm³/mol. The third kappa shape index (κ3) is 5.45. The normalized spacial score (nSPS) is 13.4. The molecule has 0 aromatic heterocycles. The molecule has 1 atom stereocenters. The first kappa shape index (κ1) is 20.2. The first-order valence-corrected chi connectivity index (χ1v) is 9.04. The molecule has 0 saturated carbocycles. The van der Waals surface area contributed by atoms with Crippen LogP contribution in [0.4, 0.5) is 13.2 Å². The van der Waals surface area contributed by atoms with Crippen molar-refractivity contribution in [3.05, 3.63) is 59.7 Å². The smallest absolute Gasteiger partial charge is 0.406 e. The van der Waals surface area contributed by atoms with Gasteiger partial charge in [0.2, 0.25) is 10.0 Å². The second-order valence-corrected chi connectivity index (χ2v) is 7.22. The standard InChI is InChI=1S/C17H18F3NO4S/c1-12-5-3-4-6-15(12)16(24-2)11-21-26(22,23)14-9-7-13(8-10-14)25-17(18,19)20/h3-10,16,21H,11H2,1-2H3. The van der Waals surface area contributed by atoms with E-state index >= 15 is 0 Å². The number of hydrogen-bond acceptors (Lipinski definition) is 4. The maximum atomic E-state index is 12.3. The van der Waals surface area contributed by atoms with Gasteiger partial charge in [-0.05, 0) is 42.3 Å². The second kappa shape index (κ2) is 8.07. The van der Waals surface area contributed by atoms with Crippen molar-refractivity contribution in [1.82, 2.24) is 4.72 Å². The summed E-state index contributed by atoms with van der Waals surface area (Å²) in [4.78, 5) is -0.174. The highest BCUT2D eigenvalue weighted by atomic mass is 32.2. The van der Waals surface area contributed by atoms with Crippen LogP contribution in [0, 0.1) is 6.92 Å². The van der Waals surface area contributed by atoms with Gasteiger partial charge in [-0.25, -0.2) is 13.1 Å². The number of aryl methyl sites for hydroxylation is 1. The Balaban J connectivity index is 2.09. The summed E-state index contributed by atoms with van der Waals surface area (Å²) in [5, 5.41) is 0. The highest BCUT2D eigenvalue weighted by Crippen LogP contribution is 2.24. The van der Waals surface area contributed by atoms with Gasteiger partial charge in [0.15, 0.2) is 0 Å². The number of alkyl halides is 3. The molecule has 0 radical (unpaired) electrons. The van der Waals surface area contributed by atoms with Crippen molar-refractivity contribution < 1.29 is 31.1 Å². The van der Waals surface area contributed by atoms with Crippen LogP contribution in [-0.4, -0.2) is 28.4 Å². The maximum absolute atomic E-state index is 12.3. The minimum absolute atomic E-state index is 0.0233. The van der Waals surface area contributed by atoms with Crippen molar-refractivity contribution in [2.24, 2.45) is 0 Å². The summed E-state index contributed by atoms with van der Waals surface area (Å²) in [5.74, 6) is -0.494. The molecule has 0 spiro atoms. The number of halogens is 3. The molecular formula is C17H18F3NO4S. The lowest BCUT2D eigenvalue weighted by molar-refractivity contribution is -0.274. The molecule has 0 aliphatic carbocycles. The van der Waals surface area contributed by atoms with E-state index in [2.05, 4.69) is 9.46 Å². The topological polar surface area (TPSA) is 64.6 Å². The number of rotatable bonds is 7. The van der Waals surface area contributed by atoms with Crippen LogP contribution in [0.15, 0.2) is 53.4 Å². The van der Waals surface area contributed by atoms with E-state index in [4.69, 9.17) is 4.74 Å². The van der Waals surface area contributed by atoms with Crippen LogP contribution >= 0.6 is 0 Å². The summed E-state index contributed by atoms with van der Waals surface area (Å²) < 4.78 is 72.6. The molecule has 26 heavy (non-hydrogen) atoms. The molecule has 0 heterocycles. The molecule has 0 bridgehead atoms. The van der Waals surface area contributed by atoms with Gasteiger partial charge < -0.3 is 9.47 Å². The highest BCUT2D eigenvalue weighted by Gasteiger charge is 2.31. The van der Waals surface area contributed by atoms with Crippen molar-refractivity contribution in [2.45, 2.75) is 24.3 Å². The van der Waals surface area contributed by atoms with Gasteiger partial charge in [-0.15, -0.1) is 13.2 Å². The average molecular weight is 389 g/mol. The van der Waals surface area contributed by atoms with E-state index in [1.54, 1.807) is 0 Å². The second-order valence-electron chi connectivity index (χ2n) is 5.45. The lowest BCUT2D eigenvalue weighted by Crippen LogP contribution is -2.29. The Bertz CT molecular complexity index is 836. The van der Waals surface area contributed by atoms with E-state index in [9.17, 15) is 21.6 Å². The largest absolute Gasteiger partial charge is 0.573 e. The number of sulfonamides is 1. The van der Waals surface area contributed by atoms with Crippen molar-refractivity contribution in [3.8, 4) is 5.75 Å². The van der Waals surface area contributed by atoms with Crippen LogP contribution in [0.1, 0.15) is 17.2 Å². The molecule has 0 aliphatic heterocycles.